The lowest BCUT2D eigenvalue weighted by atomic mass is 9.95. The van der Waals surface area contributed by atoms with Crippen LogP contribution in [-0.2, 0) is 12.8 Å². The Morgan fingerprint density at radius 1 is 0.939 bits per heavy atom. The van der Waals surface area contributed by atoms with Crippen LogP contribution in [0.25, 0.3) is 0 Å². The van der Waals surface area contributed by atoms with Crippen LogP contribution in [0.4, 0.5) is 16.4 Å². The first-order valence-electron chi connectivity index (χ1n) is 11.8. The molecule has 1 saturated heterocycles. The maximum atomic E-state index is 13.3. The van der Waals surface area contributed by atoms with Gasteiger partial charge >= 0.3 is 0 Å². The Hall–Kier alpha value is -2.63. The van der Waals surface area contributed by atoms with Gasteiger partial charge in [-0.05, 0) is 92.5 Å². The summed E-state index contributed by atoms with van der Waals surface area (Å²) in [6, 6.07) is 15.8. The minimum Gasteiger partial charge on any atom is -0.372 e. The Morgan fingerprint density at radius 3 is 2.42 bits per heavy atom. The number of amides is 1. The molecule has 2 heterocycles. The molecule has 1 aliphatic carbocycles. The highest BCUT2D eigenvalue weighted by Crippen LogP contribution is 2.40. The van der Waals surface area contributed by atoms with Gasteiger partial charge in [-0.25, -0.2) is 4.99 Å². The molecule has 5 rings (SSSR count). The molecule has 2 aromatic carbocycles. The Kier molecular flexibility index (Phi) is 6.79. The quantitative estimate of drug-likeness (QED) is 0.392. The van der Waals surface area contributed by atoms with Crippen LogP contribution in [0.1, 0.15) is 58.5 Å². The van der Waals surface area contributed by atoms with Crippen LogP contribution >= 0.6 is 22.9 Å². The van der Waals surface area contributed by atoms with E-state index in [0.29, 0.717) is 5.02 Å². The summed E-state index contributed by atoms with van der Waals surface area (Å²) in [6.45, 7) is 2.28. The first kappa shape index (κ1) is 22.2. The highest BCUT2D eigenvalue weighted by molar-refractivity contribution is 7.16. The smallest absolute Gasteiger partial charge is 0.259 e. The Balaban J connectivity index is 1.38. The van der Waals surface area contributed by atoms with Gasteiger partial charge in [0.25, 0.3) is 5.91 Å². The zero-order valence-corrected chi connectivity index (χ0v) is 20.2. The normalized spacial score (nSPS) is 16.1. The van der Waals surface area contributed by atoms with E-state index in [1.165, 1.54) is 41.8 Å². The average Bonchev–Trinajstić information content (AvgIpc) is 3.23. The number of aryl methyl sites for hydroxylation is 1. The maximum Gasteiger partial charge on any atom is 0.259 e. The zero-order valence-electron chi connectivity index (χ0n) is 18.6. The van der Waals surface area contributed by atoms with Gasteiger partial charge in [0.05, 0.1) is 5.56 Å². The summed E-state index contributed by atoms with van der Waals surface area (Å²) >= 11 is 7.65. The number of piperidine rings is 1. The Labute approximate surface area is 204 Å². The van der Waals surface area contributed by atoms with E-state index in [1.807, 2.05) is 18.3 Å². The number of fused-ring (bicyclic) bond motifs is 1. The zero-order chi connectivity index (χ0) is 22.6. The van der Waals surface area contributed by atoms with Crippen LogP contribution in [0.3, 0.4) is 0 Å². The molecule has 0 radical (unpaired) electrons. The molecule has 0 bridgehead atoms. The summed E-state index contributed by atoms with van der Waals surface area (Å²) in [4.78, 5) is 21.8. The number of anilines is 2. The highest BCUT2D eigenvalue weighted by Gasteiger charge is 2.25. The van der Waals surface area contributed by atoms with Crippen LogP contribution in [0.15, 0.2) is 53.5 Å². The van der Waals surface area contributed by atoms with Crippen LogP contribution in [-0.4, -0.2) is 25.2 Å². The van der Waals surface area contributed by atoms with Gasteiger partial charge in [0.15, 0.2) is 0 Å². The van der Waals surface area contributed by atoms with E-state index in [0.717, 1.165) is 54.2 Å². The Bertz CT molecular complexity index is 1150. The van der Waals surface area contributed by atoms with Crippen molar-refractivity contribution in [2.24, 2.45) is 4.99 Å². The van der Waals surface area contributed by atoms with Crippen LogP contribution in [0.5, 0.6) is 0 Å². The monoisotopic (exact) mass is 477 g/mol. The van der Waals surface area contributed by atoms with Crippen molar-refractivity contribution in [3.05, 3.63) is 75.1 Å². The second kappa shape index (κ2) is 10.1. The van der Waals surface area contributed by atoms with Crippen molar-refractivity contribution in [1.29, 1.82) is 0 Å². The van der Waals surface area contributed by atoms with Crippen molar-refractivity contribution in [2.75, 3.05) is 23.3 Å². The summed E-state index contributed by atoms with van der Waals surface area (Å²) < 4.78 is 0. The van der Waals surface area contributed by atoms with E-state index >= 15 is 0 Å². The third-order valence-corrected chi connectivity index (χ3v) is 7.88. The number of halogens is 1. The average molecular weight is 478 g/mol. The number of thiophene rings is 1. The number of hydrogen-bond acceptors (Lipinski definition) is 4. The van der Waals surface area contributed by atoms with Gasteiger partial charge in [0.1, 0.15) is 5.00 Å². The van der Waals surface area contributed by atoms with E-state index in [-0.39, 0.29) is 5.91 Å². The third-order valence-electron chi connectivity index (χ3n) is 6.43. The molecule has 0 spiro atoms. The van der Waals surface area contributed by atoms with Crippen LogP contribution < -0.4 is 10.2 Å². The molecule has 1 aromatic heterocycles. The summed E-state index contributed by atoms with van der Waals surface area (Å²) in [5.74, 6) is -0.0932. The summed E-state index contributed by atoms with van der Waals surface area (Å²) in [5.41, 5.74) is 4.96. The third kappa shape index (κ3) is 5.15. The van der Waals surface area contributed by atoms with Gasteiger partial charge in [-0.1, -0.05) is 23.7 Å². The number of carbonyl (C=O) groups is 1. The summed E-state index contributed by atoms with van der Waals surface area (Å²) in [7, 11) is 0. The molecule has 1 amide bonds. The number of nitrogens with one attached hydrogen (secondary N) is 1. The van der Waals surface area contributed by atoms with Crippen molar-refractivity contribution >= 4 is 51.4 Å². The number of rotatable bonds is 5. The minimum absolute atomic E-state index is 0.0932. The molecule has 0 saturated carbocycles. The fourth-order valence-corrected chi connectivity index (χ4v) is 6.02. The van der Waals surface area contributed by atoms with Crippen LogP contribution in [0, 0.1) is 0 Å². The molecule has 1 N–H and O–H groups in total. The number of carbonyl (C=O) groups excluding carboxylic acids is 1. The highest BCUT2D eigenvalue weighted by atomic mass is 35.5. The topological polar surface area (TPSA) is 44.7 Å². The van der Waals surface area contributed by atoms with Crippen molar-refractivity contribution in [3.63, 3.8) is 0 Å². The molecule has 0 unspecified atom stereocenters. The number of nitrogens with zero attached hydrogens (tertiary/aromatic N) is 2. The van der Waals surface area contributed by atoms with Gasteiger partial charge in [0, 0.05) is 40.6 Å². The van der Waals surface area contributed by atoms with Crippen LogP contribution in [0.2, 0.25) is 5.02 Å². The van der Waals surface area contributed by atoms with Crippen molar-refractivity contribution in [3.8, 4) is 0 Å². The predicted octanol–water partition coefficient (Wildman–Crippen LogP) is 7.27. The van der Waals surface area contributed by atoms with Crippen molar-refractivity contribution in [2.45, 2.75) is 44.9 Å². The molecule has 170 valence electrons. The molecule has 2 aliphatic rings. The van der Waals surface area contributed by atoms with E-state index in [4.69, 9.17) is 16.6 Å². The molecule has 1 fully saturated rings. The lowest BCUT2D eigenvalue weighted by Gasteiger charge is -2.28. The summed E-state index contributed by atoms with van der Waals surface area (Å²) in [5, 5.41) is 4.48. The van der Waals surface area contributed by atoms with E-state index in [9.17, 15) is 4.79 Å². The van der Waals surface area contributed by atoms with Gasteiger partial charge in [-0.3, -0.25) is 4.79 Å². The first-order valence-corrected chi connectivity index (χ1v) is 13.0. The Morgan fingerprint density at radius 2 is 1.67 bits per heavy atom. The second-order valence-corrected chi connectivity index (χ2v) is 10.3. The minimum atomic E-state index is -0.0932. The fourth-order valence-electron chi connectivity index (χ4n) is 4.66. The van der Waals surface area contributed by atoms with Gasteiger partial charge in [0.2, 0.25) is 0 Å². The largest absolute Gasteiger partial charge is 0.372 e. The summed E-state index contributed by atoms with van der Waals surface area (Å²) in [6.07, 6.45) is 10.0. The van der Waals surface area contributed by atoms with Crippen molar-refractivity contribution in [1.82, 2.24) is 0 Å². The van der Waals surface area contributed by atoms with Gasteiger partial charge in [-0.2, -0.15) is 0 Å². The van der Waals surface area contributed by atoms with Crippen molar-refractivity contribution < 1.29 is 4.79 Å². The SMILES string of the molecule is O=C(Nc1ccc(Cl)cc1)c1c(N=Cc2ccc(N3CCCCC3)cc2)sc2c1CCCC2. The van der Waals surface area contributed by atoms with E-state index in [1.54, 1.807) is 23.5 Å². The molecule has 6 heteroatoms. The number of hydrogen-bond donors (Lipinski definition) is 1. The molecule has 4 nitrogen and oxygen atoms in total. The molecular formula is C27H28ClN3OS. The second-order valence-electron chi connectivity index (χ2n) is 8.75. The van der Waals surface area contributed by atoms with Gasteiger partial charge < -0.3 is 10.2 Å². The van der Waals surface area contributed by atoms with E-state index < -0.39 is 0 Å². The van der Waals surface area contributed by atoms with E-state index in [2.05, 4.69) is 34.5 Å². The lowest BCUT2D eigenvalue weighted by Crippen LogP contribution is -2.29. The first-order chi connectivity index (χ1) is 16.2. The van der Waals surface area contributed by atoms with Gasteiger partial charge in [-0.15, -0.1) is 11.3 Å². The lowest BCUT2D eigenvalue weighted by molar-refractivity contribution is 0.102. The predicted molar refractivity (Wildman–Crippen MR) is 140 cm³/mol. The molecule has 1 aliphatic heterocycles. The molecular weight excluding hydrogens is 450 g/mol. The fraction of sp³-hybridized carbons (Fsp3) is 0.333. The standard InChI is InChI=1S/C27H28ClN3OS/c28-20-10-12-21(13-11-20)30-26(32)25-23-6-2-3-7-24(23)33-27(25)29-18-19-8-14-22(15-9-19)31-16-4-1-5-17-31/h8-15,18H,1-7,16-17H2,(H,30,32). The molecule has 3 aromatic rings. The maximum absolute atomic E-state index is 13.3. The molecule has 33 heavy (non-hydrogen) atoms. The number of aliphatic imine (C=N–C) groups is 1. The number of benzene rings is 2. The molecule has 0 atom stereocenters.